The van der Waals surface area contributed by atoms with Gasteiger partial charge >= 0.3 is 0 Å². The molecular weight excluding hydrogens is 425 g/mol. The zero-order chi connectivity index (χ0) is 20.8. The van der Waals surface area contributed by atoms with Crippen molar-refractivity contribution in [2.45, 2.75) is 20.1 Å². The van der Waals surface area contributed by atoms with Crippen molar-refractivity contribution in [2.75, 3.05) is 7.11 Å². The molecule has 29 heavy (non-hydrogen) atoms. The van der Waals surface area contributed by atoms with Crippen LogP contribution in [0.15, 0.2) is 60.7 Å². The molecule has 3 nitrogen and oxygen atoms in total. The van der Waals surface area contributed by atoms with E-state index in [0.29, 0.717) is 33.1 Å². The Labute approximate surface area is 186 Å². The molecule has 0 bridgehead atoms. The summed E-state index contributed by atoms with van der Waals surface area (Å²) in [4.78, 5) is 0.587. The lowest BCUT2D eigenvalue weighted by molar-refractivity contribution is 0.285. The Balaban J connectivity index is 1.73. The van der Waals surface area contributed by atoms with Crippen molar-refractivity contribution in [3.8, 4) is 11.5 Å². The van der Waals surface area contributed by atoms with Gasteiger partial charge in [-0.15, -0.1) is 0 Å². The molecule has 0 spiro atoms. The molecule has 6 heteroatoms. The van der Waals surface area contributed by atoms with Crippen LogP contribution in [0.1, 0.15) is 22.3 Å². The van der Waals surface area contributed by atoms with Crippen LogP contribution in [0.25, 0.3) is 0 Å². The van der Waals surface area contributed by atoms with Crippen LogP contribution >= 0.6 is 35.4 Å². The summed E-state index contributed by atoms with van der Waals surface area (Å²) in [6.45, 7) is 2.98. The van der Waals surface area contributed by atoms with Crippen molar-refractivity contribution >= 4 is 40.4 Å². The van der Waals surface area contributed by atoms with Gasteiger partial charge in [0, 0.05) is 22.7 Å². The fourth-order valence-electron chi connectivity index (χ4n) is 2.86. The first-order chi connectivity index (χ1) is 14.0. The van der Waals surface area contributed by atoms with E-state index in [0.717, 1.165) is 16.7 Å². The van der Waals surface area contributed by atoms with Gasteiger partial charge in [0.2, 0.25) is 0 Å². The number of nitrogens with one attached hydrogen (secondary N) is 1. The lowest BCUT2D eigenvalue weighted by Crippen LogP contribution is -2.21. The maximum atomic E-state index is 6.48. The van der Waals surface area contributed by atoms with Crippen molar-refractivity contribution in [3.05, 3.63) is 93.0 Å². The molecule has 150 valence electrons. The number of hydrogen-bond acceptors (Lipinski definition) is 3. The van der Waals surface area contributed by atoms with Crippen LogP contribution < -0.4 is 14.8 Å². The van der Waals surface area contributed by atoms with Crippen LogP contribution in [-0.4, -0.2) is 12.1 Å². The first-order valence-electron chi connectivity index (χ1n) is 9.05. The van der Waals surface area contributed by atoms with Gasteiger partial charge in [-0.25, -0.2) is 0 Å². The van der Waals surface area contributed by atoms with E-state index in [4.69, 9.17) is 44.9 Å². The second kappa shape index (κ2) is 9.97. The van der Waals surface area contributed by atoms with E-state index in [2.05, 4.69) is 30.4 Å². The third-order valence-corrected chi connectivity index (χ3v) is 5.39. The number of hydrogen-bond donors (Lipinski definition) is 1. The minimum absolute atomic E-state index is 0.283. The molecule has 0 aromatic heterocycles. The van der Waals surface area contributed by atoms with Gasteiger partial charge in [-0.05, 0) is 30.7 Å². The highest BCUT2D eigenvalue weighted by Crippen LogP contribution is 2.37. The van der Waals surface area contributed by atoms with E-state index in [9.17, 15) is 0 Å². The molecule has 0 saturated carbocycles. The lowest BCUT2D eigenvalue weighted by atomic mass is 10.1. The van der Waals surface area contributed by atoms with Gasteiger partial charge in [0.25, 0.3) is 0 Å². The molecule has 3 aromatic rings. The molecule has 0 aliphatic rings. The molecule has 0 heterocycles. The fourth-order valence-corrected chi connectivity index (χ4v) is 3.51. The van der Waals surface area contributed by atoms with Gasteiger partial charge < -0.3 is 14.8 Å². The molecule has 0 saturated heterocycles. The maximum Gasteiger partial charge on any atom is 0.180 e. The number of benzene rings is 3. The Bertz CT molecular complexity index is 1020. The predicted molar refractivity (Wildman–Crippen MR) is 124 cm³/mol. The Morgan fingerprint density at radius 1 is 1.00 bits per heavy atom. The van der Waals surface area contributed by atoms with Gasteiger partial charge in [0.1, 0.15) is 11.6 Å². The van der Waals surface area contributed by atoms with Gasteiger partial charge in [-0.1, -0.05) is 83.4 Å². The summed E-state index contributed by atoms with van der Waals surface area (Å²) in [6.07, 6.45) is 0. The summed E-state index contributed by atoms with van der Waals surface area (Å²) < 4.78 is 11.4. The summed E-state index contributed by atoms with van der Waals surface area (Å²) in [5.41, 5.74) is 4.00. The minimum Gasteiger partial charge on any atom is -0.493 e. The van der Waals surface area contributed by atoms with Crippen LogP contribution in [-0.2, 0) is 13.2 Å². The maximum absolute atomic E-state index is 6.48. The quantitative estimate of drug-likeness (QED) is 0.428. The standard InChI is InChI=1S/C23H21Cl2NO2S/c1-15-6-5-7-16(10-15)13-26-23(29)18-11-20(25)22(21(12-18)27-2)28-14-17-8-3-4-9-19(17)24/h3-12H,13-14H2,1-2H3,(H,26,29). The number of aryl methyl sites for hydroxylation is 1. The second-order valence-corrected chi connectivity index (χ2v) is 7.76. The summed E-state index contributed by atoms with van der Waals surface area (Å²) in [6, 6.07) is 19.4. The summed E-state index contributed by atoms with van der Waals surface area (Å²) in [7, 11) is 1.57. The van der Waals surface area contributed by atoms with Gasteiger partial charge in [-0.2, -0.15) is 0 Å². The largest absolute Gasteiger partial charge is 0.493 e. The van der Waals surface area contributed by atoms with Gasteiger partial charge in [-0.3, -0.25) is 0 Å². The van der Waals surface area contributed by atoms with E-state index in [1.807, 2.05) is 36.4 Å². The number of methoxy groups -OCH3 is 1. The summed E-state index contributed by atoms with van der Waals surface area (Å²) in [5.74, 6) is 0.971. The molecule has 0 amide bonds. The van der Waals surface area contributed by atoms with Crippen molar-refractivity contribution < 1.29 is 9.47 Å². The average Bonchev–Trinajstić information content (AvgIpc) is 2.71. The number of ether oxygens (including phenoxy) is 2. The molecule has 1 N–H and O–H groups in total. The lowest BCUT2D eigenvalue weighted by Gasteiger charge is -2.16. The van der Waals surface area contributed by atoms with Crippen LogP contribution in [0.4, 0.5) is 0 Å². The molecule has 0 aliphatic heterocycles. The Morgan fingerprint density at radius 2 is 1.79 bits per heavy atom. The molecule has 0 atom stereocenters. The number of halogens is 2. The Morgan fingerprint density at radius 3 is 2.52 bits per heavy atom. The third-order valence-electron chi connectivity index (χ3n) is 4.36. The smallest absolute Gasteiger partial charge is 0.180 e. The first kappa shape index (κ1) is 21.4. The van der Waals surface area contributed by atoms with E-state index >= 15 is 0 Å². The van der Waals surface area contributed by atoms with Crippen LogP contribution in [0.3, 0.4) is 0 Å². The summed E-state index contributed by atoms with van der Waals surface area (Å²) in [5, 5.41) is 4.33. The normalized spacial score (nSPS) is 10.5. The van der Waals surface area contributed by atoms with Gasteiger partial charge in [0.05, 0.1) is 12.1 Å². The fraction of sp³-hybridized carbons (Fsp3) is 0.174. The monoisotopic (exact) mass is 445 g/mol. The van der Waals surface area contributed by atoms with E-state index in [-0.39, 0.29) is 6.61 Å². The Hall–Kier alpha value is -2.27. The van der Waals surface area contributed by atoms with Crippen molar-refractivity contribution in [1.82, 2.24) is 5.32 Å². The summed E-state index contributed by atoms with van der Waals surface area (Å²) >= 11 is 18.2. The molecule has 3 rings (SSSR count). The highest BCUT2D eigenvalue weighted by molar-refractivity contribution is 7.80. The van der Waals surface area contributed by atoms with E-state index in [1.54, 1.807) is 13.2 Å². The Kier molecular flexibility index (Phi) is 7.37. The highest BCUT2D eigenvalue weighted by Gasteiger charge is 2.15. The highest BCUT2D eigenvalue weighted by atomic mass is 35.5. The van der Waals surface area contributed by atoms with Crippen LogP contribution in [0, 0.1) is 6.92 Å². The van der Waals surface area contributed by atoms with E-state index in [1.165, 1.54) is 5.56 Å². The van der Waals surface area contributed by atoms with Crippen molar-refractivity contribution in [3.63, 3.8) is 0 Å². The molecule has 0 aliphatic carbocycles. The topological polar surface area (TPSA) is 30.5 Å². The van der Waals surface area contributed by atoms with E-state index < -0.39 is 0 Å². The van der Waals surface area contributed by atoms with Gasteiger partial charge in [0.15, 0.2) is 11.5 Å². The van der Waals surface area contributed by atoms with Crippen molar-refractivity contribution in [2.24, 2.45) is 0 Å². The zero-order valence-corrected chi connectivity index (χ0v) is 18.5. The predicted octanol–water partition coefficient (Wildman–Crippen LogP) is 6.35. The minimum atomic E-state index is 0.283. The molecule has 0 radical (unpaired) electrons. The third kappa shape index (κ3) is 5.63. The zero-order valence-electron chi connectivity index (χ0n) is 16.2. The van der Waals surface area contributed by atoms with Crippen LogP contribution in [0.2, 0.25) is 10.0 Å². The SMILES string of the molecule is COc1cc(C(=S)NCc2cccc(C)c2)cc(Cl)c1OCc1ccccc1Cl. The second-order valence-electron chi connectivity index (χ2n) is 6.54. The number of rotatable bonds is 7. The molecular formula is C23H21Cl2NO2S. The molecule has 0 fully saturated rings. The average molecular weight is 446 g/mol. The molecule has 3 aromatic carbocycles. The molecule has 0 unspecified atom stereocenters. The first-order valence-corrected chi connectivity index (χ1v) is 10.2. The van der Waals surface area contributed by atoms with Crippen molar-refractivity contribution in [1.29, 1.82) is 0 Å². The van der Waals surface area contributed by atoms with Crippen LogP contribution in [0.5, 0.6) is 11.5 Å². The number of thiocarbonyl (C=S) groups is 1.